The maximum atomic E-state index is 12.7. The fourth-order valence-electron chi connectivity index (χ4n) is 6.41. The molecule has 0 aromatic heterocycles. The second kappa shape index (κ2) is 4.33. The molecule has 0 aromatic rings. The number of fused-ring (bicyclic) bond motifs is 5. The Kier molecular flexibility index (Phi) is 2.85. The summed E-state index contributed by atoms with van der Waals surface area (Å²) < 4.78 is 0. The van der Waals surface area contributed by atoms with E-state index in [-0.39, 0.29) is 5.41 Å². The second-order valence-corrected chi connectivity index (χ2v) is 8.59. The Labute approximate surface area is 128 Å². The number of Topliss-reactive ketones (excluding diaryl/α,β-unsaturated/α-hetero) is 1. The minimum absolute atomic E-state index is 0.00715. The number of carbonyl (C=O) groups excluding carboxylic acids is 1. The summed E-state index contributed by atoms with van der Waals surface area (Å²) in [7, 11) is 0. The molecule has 2 saturated carbocycles. The van der Waals surface area contributed by atoms with Crippen molar-refractivity contribution >= 4 is 5.78 Å². The summed E-state index contributed by atoms with van der Waals surface area (Å²) in [5.74, 6) is 3.05. The minimum Gasteiger partial charge on any atom is -0.299 e. The lowest BCUT2D eigenvalue weighted by Crippen LogP contribution is -2.49. The SMILES string of the molecule is C[C@@H]1C[C@H]2[C@@H]3CC=C4C=CCC[C@]4(C)[C@H]3CC[C@]2(C)C1=O. The third-order valence-corrected chi connectivity index (χ3v) is 7.66. The van der Waals surface area contributed by atoms with Gasteiger partial charge in [0.05, 0.1) is 0 Å². The molecule has 114 valence electrons. The normalized spacial score (nSPS) is 52.0. The molecule has 4 aliphatic carbocycles. The summed E-state index contributed by atoms with van der Waals surface area (Å²) in [6.07, 6.45) is 14.5. The van der Waals surface area contributed by atoms with Crippen molar-refractivity contribution in [2.45, 2.75) is 59.3 Å². The standard InChI is InChI=1S/C20H28O/c1-13-12-17-15-8-7-14-6-4-5-10-19(14,2)16(15)9-11-20(17,3)18(13)21/h4,6-7,13,15-17H,5,8-12H2,1-3H3/t13-,15-,16+,17+,19+,20+/m1/s1. The highest BCUT2D eigenvalue weighted by molar-refractivity contribution is 5.89. The number of ketones is 1. The van der Waals surface area contributed by atoms with E-state index < -0.39 is 0 Å². The number of hydrogen-bond acceptors (Lipinski definition) is 1. The van der Waals surface area contributed by atoms with Gasteiger partial charge in [0, 0.05) is 11.3 Å². The van der Waals surface area contributed by atoms with Crippen LogP contribution in [0.5, 0.6) is 0 Å². The van der Waals surface area contributed by atoms with E-state index in [1.165, 1.54) is 25.7 Å². The molecule has 0 amide bonds. The van der Waals surface area contributed by atoms with Crippen molar-refractivity contribution < 1.29 is 4.79 Å². The molecule has 0 saturated heterocycles. The molecule has 0 N–H and O–H groups in total. The van der Waals surface area contributed by atoms with Gasteiger partial charge in [0.2, 0.25) is 0 Å². The largest absolute Gasteiger partial charge is 0.299 e. The van der Waals surface area contributed by atoms with E-state index >= 15 is 0 Å². The van der Waals surface area contributed by atoms with Crippen LogP contribution >= 0.6 is 0 Å². The molecule has 0 aromatic carbocycles. The molecule has 2 fully saturated rings. The summed E-state index contributed by atoms with van der Waals surface area (Å²) in [5, 5.41) is 0. The van der Waals surface area contributed by atoms with Crippen LogP contribution in [0, 0.1) is 34.5 Å². The van der Waals surface area contributed by atoms with Gasteiger partial charge in [0.1, 0.15) is 5.78 Å². The van der Waals surface area contributed by atoms with E-state index in [2.05, 4.69) is 39.0 Å². The average molecular weight is 284 g/mol. The van der Waals surface area contributed by atoms with Gasteiger partial charge in [-0.15, -0.1) is 0 Å². The minimum atomic E-state index is -0.00715. The Morgan fingerprint density at radius 2 is 1.95 bits per heavy atom. The van der Waals surface area contributed by atoms with E-state index in [0.717, 1.165) is 24.7 Å². The third-order valence-electron chi connectivity index (χ3n) is 7.66. The van der Waals surface area contributed by atoms with Crippen molar-refractivity contribution in [1.82, 2.24) is 0 Å². The summed E-state index contributed by atoms with van der Waals surface area (Å²) in [6.45, 7) is 6.94. The lowest BCUT2D eigenvalue weighted by molar-refractivity contribution is -0.133. The Balaban J connectivity index is 1.74. The molecule has 0 unspecified atom stereocenters. The zero-order valence-corrected chi connectivity index (χ0v) is 13.7. The predicted molar refractivity (Wildman–Crippen MR) is 85.8 cm³/mol. The van der Waals surface area contributed by atoms with Crippen LogP contribution in [0.1, 0.15) is 59.3 Å². The maximum Gasteiger partial charge on any atom is 0.141 e. The number of carbonyl (C=O) groups is 1. The van der Waals surface area contributed by atoms with Crippen molar-refractivity contribution in [3.05, 3.63) is 23.8 Å². The van der Waals surface area contributed by atoms with Gasteiger partial charge >= 0.3 is 0 Å². The first kappa shape index (κ1) is 13.8. The Bertz CT molecular complexity index is 542. The Morgan fingerprint density at radius 1 is 1.14 bits per heavy atom. The quantitative estimate of drug-likeness (QED) is 0.616. The Morgan fingerprint density at radius 3 is 2.76 bits per heavy atom. The van der Waals surface area contributed by atoms with Crippen molar-refractivity contribution in [3.8, 4) is 0 Å². The molecule has 21 heavy (non-hydrogen) atoms. The topological polar surface area (TPSA) is 17.1 Å². The zero-order chi connectivity index (χ0) is 14.8. The van der Waals surface area contributed by atoms with Crippen LogP contribution in [0.2, 0.25) is 0 Å². The lowest BCUT2D eigenvalue weighted by atomic mass is 9.49. The van der Waals surface area contributed by atoms with Crippen LogP contribution < -0.4 is 0 Å². The van der Waals surface area contributed by atoms with Crippen LogP contribution in [0.25, 0.3) is 0 Å². The first-order chi connectivity index (χ1) is 9.97. The van der Waals surface area contributed by atoms with Crippen LogP contribution in [0.15, 0.2) is 23.8 Å². The maximum absolute atomic E-state index is 12.7. The molecule has 1 nitrogen and oxygen atoms in total. The number of rotatable bonds is 0. The van der Waals surface area contributed by atoms with Gasteiger partial charge in [-0.2, -0.15) is 0 Å². The number of allylic oxidation sites excluding steroid dienone is 4. The van der Waals surface area contributed by atoms with E-state index in [0.29, 0.717) is 23.0 Å². The fourth-order valence-corrected chi connectivity index (χ4v) is 6.41. The van der Waals surface area contributed by atoms with Gasteiger partial charge in [-0.3, -0.25) is 4.79 Å². The van der Waals surface area contributed by atoms with Crippen molar-refractivity contribution in [2.24, 2.45) is 34.5 Å². The van der Waals surface area contributed by atoms with Crippen LogP contribution in [-0.4, -0.2) is 5.78 Å². The second-order valence-electron chi connectivity index (χ2n) is 8.59. The van der Waals surface area contributed by atoms with Crippen LogP contribution in [0.4, 0.5) is 0 Å². The summed E-state index contributed by atoms with van der Waals surface area (Å²) in [4.78, 5) is 12.7. The van der Waals surface area contributed by atoms with E-state index in [1.807, 2.05) is 0 Å². The van der Waals surface area contributed by atoms with Crippen LogP contribution in [-0.2, 0) is 4.79 Å². The van der Waals surface area contributed by atoms with Gasteiger partial charge in [-0.05, 0) is 67.3 Å². The average Bonchev–Trinajstić information content (AvgIpc) is 2.70. The molecule has 6 atom stereocenters. The highest BCUT2D eigenvalue weighted by Gasteiger charge is 2.59. The third kappa shape index (κ3) is 1.67. The molecule has 0 aliphatic heterocycles. The smallest absolute Gasteiger partial charge is 0.141 e. The molecule has 0 spiro atoms. The molecular formula is C20H28O. The zero-order valence-electron chi connectivity index (χ0n) is 13.7. The highest BCUT2D eigenvalue weighted by atomic mass is 16.1. The fraction of sp³-hybridized carbons (Fsp3) is 0.750. The first-order valence-corrected chi connectivity index (χ1v) is 8.88. The van der Waals surface area contributed by atoms with Crippen LogP contribution in [0.3, 0.4) is 0 Å². The van der Waals surface area contributed by atoms with Gasteiger partial charge < -0.3 is 0 Å². The first-order valence-electron chi connectivity index (χ1n) is 8.88. The molecular weight excluding hydrogens is 256 g/mol. The predicted octanol–water partition coefficient (Wildman–Crippen LogP) is 4.93. The molecule has 4 aliphatic rings. The van der Waals surface area contributed by atoms with E-state index in [9.17, 15) is 4.79 Å². The van der Waals surface area contributed by atoms with Gasteiger partial charge in [0.25, 0.3) is 0 Å². The van der Waals surface area contributed by atoms with E-state index in [4.69, 9.17) is 0 Å². The van der Waals surface area contributed by atoms with Crippen molar-refractivity contribution in [3.63, 3.8) is 0 Å². The van der Waals surface area contributed by atoms with Gasteiger partial charge in [-0.25, -0.2) is 0 Å². The van der Waals surface area contributed by atoms with Crippen molar-refractivity contribution in [2.75, 3.05) is 0 Å². The van der Waals surface area contributed by atoms with E-state index in [1.54, 1.807) is 5.57 Å². The molecule has 1 heteroatoms. The van der Waals surface area contributed by atoms with Gasteiger partial charge in [0.15, 0.2) is 0 Å². The monoisotopic (exact) mass is 284 g/mol. The molecule has 0 heterocycles. The van der Waals surface area contributed by atoms with Gasteiger partial charge in [-0.1, -0.05) is 39.0 Å². The molecule has 0 bridgehead atoms. The summed E-state index contributed by atoms with van der Waals surface area (Å²) >= 11 is 0. The summed E-state index contributed by atoms with van der Waals surface area (Å²) in [6, 6.07) is 0. The lowest BCUT2D eigenvalue weighted by Gasteiger charge is -2.55. The molecule has 0 radical (unpaired) electrons. The summed E-state index contributed by atoms with van der Waals surface area (Å²) in [5.41, 5.74) is 1.97. The molecule has 4 rings (SSSR count). The highest BCUT2D eigenvalue weighted by Crippen LogP contribution is 2.63. The van der Waals surface area contributed by atoms with Crippen molar-refractivity contribution in [1.29, 1.82) is 0 Å². The Hall–Kier alpha value is -0.850. The number of hydrogen-bond donors (Lipinski definition) is 0.